The highest BCUT2D eigenvalue weighted by molar-refractivity contribution is 9.10. The van der Waals surface area contributed by atoms with Gasteiger partial charge >= 0.3 is 0 Å². The first kappa shape index (κ1) is 12.0. The van der Waals surface area contributed by atoms with E-state index in [9.17, 15) is 9.90 Å². The molecule has 0 aliphatic carbocycles. The van der Waals surface area contributed by atoms with Crippen molar-refractivity contribution in [3.63, 3.8) is 0 Å². The molecule has 1 heterocycles. The number of carbonyl (C=O) groups excluding carboxylic acids is 1. The normalized spacial score (nSPS) is 10.2. The van der Waals surface area contributed by atoms with E-state index in [2.05, 4.69) is 21.2 Å². The second kappa shape index (κ2) is 4.81. The van der Waals surface area contributed by atoms with E-state index in [-0.39, 0.29) is 22.2 Å². The second-order valence-electron chi connectivity index (χ2n) is 3.19. The van der Waals surface area contributed by atoms with Crippen molar-refractivity contribution >= 4 is 39.1 Å². The summed E-state index contributed by atoms with van der Waals surface area (Å²) in [6.07, 6.45) is 1.39. The maximum atomic E-state index is 11.8. The average Bonchev–Trinajstić information content (AvgIpc) is 2.71. The van der Waals surface area contributed by atoms with Gasteiger partial charge in [0.1, 0.15) is 0 Å². The number of aromatic hydroxyl groups is 1. The zero-order valence-corrected chi connectivity index (χ0v) is 10.7. The molecule has 2 rings (SSSR count). The lowest BCUT2D eigenvalue weighted by molar-refractivity contribution is 0.0995. The minimum atomic E-state index is -0.473. The van der Waals surface area contributed by atoms with Crippen LogP contribution in [0.3, 0.4) is 0 Å². The molecule has 0 atom stereocenters. The monoisotopic (exact) mass is 315 g/mol. The highest BCUT2D eigenvalue weighted by Gasteiger charge is 2.16. The van der Waals surface area contributed by atoms with E-state index in [0.29, 0.717) is 4.47 Å². The summed E-state index contributed by atoms with van der Waals surface area (Å²) < 4.78 is 5.53. The molecule has 6 heteroatoms. The van der Waals surface area contributed by atoms with Crippen LogP contribution >= 0.6 is 27.5 Å². The average molecular weight is 317 g/mol. The molecule has 1 amide bonds. The molecule has 1 aromatic heterocycles. The first-order chi connectivity index (χ1) is 8.09. The molecule has 17 heavy (non-hydrogen) atoms. The van der Waals surface area contributed by atoms with E-state index in [1.165, 1.54) is 18.4 Å². The van der Waals surface area contributed by atoms with E-state index in [1.54, 1.807) is 12.1 Å². The van der Waals surface area contributed by atoms with Crippen LogP contribution in [0.4, 0.5) is 5.69 Å². The molecular formula is C11H7BrClNO3. The first-order valence-electron chi connectivity index (χ1n) is 4.61. The van der Waals surface area contributed by atoms with Crippen LogP contribution in [0.5, 0.6) is 5.75 Å². The van der Waals surface area contributed by atoms with Crippen molar-refractivity contribution in [1.82, 2.24) is 0 Å². The smallest absolute Gasteiger partial charge is 0.292 e. The number of para-hydroxylation sites is 1. The summed E-state index contributed by atoms with van der Waals surface area (Å²) in [5.41, 5.74) is 0.228. The molecule has 2 N–H and O–H groups in total. The Morgan fingerprint density at radius 2 is 2.18 bits per heavy atom. The Bertz CT molecular complexity index is 568. The molecule has 0 bridgehead atoms. The Kier molecular flexibility index (Phi) is 3.40. The lowest BCUT2D eigenvalue weighted by Gasteiger charge is -2.06. The number of amides is 1. The number of nitrogens with one attached hydrogen (secondary N) is 1. The summed E-state index contributed by atoms with van der Waals surface area (Å²) in [6.45, 7) is 0. The number of hydrogen-bond acceptors (Lipinski definition) is 3. The van der Waals surface area contributed by atoms with E-state index in [1.807, 2.05) is 0 Å². The van der Waals surface area contributed by atoms with Crippen LogP contribution < -0.4 is 5.32 Å². The topological polar surface area (TPSA) is 62.5 Å². The molecular weight excluding hydrogens is 309 g/mol. The lowest BCUT2D eigenvalue weighted by Crippen LogP contribution is -2.11. The fourth-order valence-electron chi connectivity index (χ4n) is 1.25. The molecule has 2 aromatic rings. The van der Waals surface area contributed by atoms with Crippen molar-refractivity contribution in [3.05, 3.63) is 45.8 Å². The standard InChI is InChI=1S/C11H7BrClNO3/c12-6-4-5-17-10(6)11(16)14-8-3-1-2-7(13)9(8)15/h1-5,15H,(H,14,16). The number of rotatable bonds is 2. The third-order valence-corrected chi connectivity index (χ3v) is 2.99. The number of halogens is 2. The maximum Gasteiger partial charge on any atom is 0.292 e. The Morgan fingerprint density at radius 1 is 1.41 bits per heavy atom. The van der Waals surface area contributed by atoms with Gasteiger partial charge in [-0.3, -0.25) is 4.79 Å². The molecule has 88 valence electrons. The van der Waals surface area contributed by atoms with Gasteiger partial charge in [0.25, 0.3) is 5.91 Å². The number of phenolic OH excluding ortho intramolecular Hbond substituents is 1. The Balaban J connectivity index is 2.25. The first-order valence-corrected chi connectivity index (χ1v) is 5.78. The summed E-state index contributed by atoms with van der Waals surface area (Å²) in [7, 11) is 0. The maximum absolute atomic E-state index is 11.8. The van der Waals surface area contributed by atoms with Gasteiger partial charge in [-0.25, -0.2) is 0 Å². The van der Waals surface area contributed by atoms with Crippen LogP contribution in [0.15, 0.2) is 39.4 Å². The third kappa shape index (κ3) is 2.45. The molecule has 0 saturated heterocycles. The van der Waals surface area contributed by atoms with Gasteiger partial charge in [-0.1, -0.05) is 17.7 Å². The fourth-order valence-corrected chi connectivity index (χ4v) is 1.81. The molecule has 0 radical (unpaired) electrons. The fraction of sp³-hybridized carbons (Fsp3) is 0. The van der Waals surface area contributed by atoms with E-state index in [4.69, 9.17) is 16.0 Å². The van der Waals surface area contributed by atoms with Gasteiger partial charge < -0.3 is 14.8 Å². The summed E-state index contributed by atoms with van der Waals surface area (Å²) in [4.78, 5) is 11.8. The summed E-state index contributed by atoms with van der Waals surface area (Å²) in [5, 5.41) is 12.3. The van der Waals surface area contributed by atoms with Crippen molar-refractivity contribution < 1.29 is 14.3 Å². The van der Waals surface area contributed by atoms with E-state index >= 15 is 0 Å². The van der Waals surface area contributed by atoms with Gasteiger partial charge in [0.15, 0.2) is 5.75 Å². The molecule has 0 saturated carbocycles. The number of phenols is 1. The van der Waals surface area contributed by atoms with Gasteiger partial charge in [0.2, 0.25) is 5.76 Å². The second-order valence-corrected chi connectivity index (χ2v) is 4.45. The number of anilines is 1. The van der Waals surface area contributed by atoms with Crippen molar-refractivity contribution in [2.45, 2.75) is 0 Å². The predicted molar refractivity (Wildman–Crippen MR) is 67.5 cm³/mol. The minimum Gasteiger partial charge on any atom is -0.504 e. The van der Waals surface area contributed by atoms with Crippen LogP contribution in [0.1, 0.15) is 10.6 Å². The SMILES string of the molecule is O=C(Nc1cccc(Cl)c1O)c1occc1Br. The van der Waals surface area contributed by atoms with Crippen molar-refractivity contribution in [2.75, 3.05) is 5.32 Å². The Labute approximate surface area is 110 Å². The summed E-state index contributed by atoms with van der Waals surface area (Å²) in [6, 6.07) is 6.28. The van der Waals surface area contributed by atoms with Crippen LogP contribution in [0.2, 0.25) is 5.02 Å². The molecule has 0 unspecified atom stereocenters. The van der Waals surface area contributed by atoms with Crippen LogP contribution in [0.25, 0.3) is 0 Å². The quantitative estimate of drug-likeness (QED) is 0.831. The molecule has 0 aliphatic rings. The lowest BCUT2D eigenvalue weighted by atomic mass is 10.3. The zero-order valence-electron chi connectivity index (χ0n) is 8.41. The molecule has 0 spiro atoms. The Hall–Kier alpha value is -1.46. The molecule has 1 aromatic carbocycles. The van der Waals surface area contributed by atoms with Gasteiger partial charge in [0, 0.05) is 0 Å². The van der Waals surface area contributed by atoms with E-state index in [0.717, 1.165) is 0 Å². The molecule has 0 fully saturated rings. The van der Waals surface area contributed by atoms with Gasteiger partial charge in [-0.05, 0) is 34.1 Å². The van der Waals surface area contributed by atoms with Crippen molar-refractivity contribution in [1.29, 1.82) is 0 Å². The van der Waals surface area contributed by atoms with Crippen LogP contribution in [-0.2, 0) is 0 Å². The van der Waals surface area contributed by atoms with Crippen LogP contribution in [-0.4, -0.2) is 11.0 Å². The van der Waals surface area contributed by atoms with Crippen LogP contribution in [0, 0.1) is 0 Å². The highest BCUT2D eigenvalue weighted by atomic mass is 79.9. The van der Waals surface area contributed by atoms with Crippen molar-refractivity contribution in [3.8, 4) is 5.75 Å². The zero-order chi connectivity index (χ0) is 12.4. The third-order valence-electron chi connectivity index (χ3n) is 2.06. The minimum absolute atomic E-state index is 0.129. The van der Waals surface area contributed by atoms with Gasteiger partial charge in [0.05, 0.1) is 21.4 Å². The van der Waals surface area contributed by atoms with Gasteiger partial charge in [-0.2, -0.15) is 0 Å². The number of furan rings is 1. The van der Waals surface area contributed by atoms with E-state index < -0.39 is 5.91 Å². The summed E-state index contributed by atoms with van der Waals surface area (Å²) >= 11 is 8.89. The highest BCUT2D eigenvalue weighted by Crippen LogP contribution is 2.31. The van der Waals surface area contributed by atoms with Crippen molar-refractivity contribution in [2.24, 2.45) is 0 Å². The number of hydrogen-bond donors (Lipinski definition) is 2. The molecule has 0 aliphatic heterocycles. The largest absolute Gasteiger partial charge is 0.504 e. The molecule has 4 nitrogen and oxygen atoms in total. The summed E-state index contributed by atoms with van der Waals surface area (Å²) in [5.74, 6) is -0.519. The predicted octanol–water partition coefficient (Wildman–Crippen LogP) is 3.65. The van der Waals surface area contributed by atoms with Gasteiger partial charge in [-0.15, -0.1) is 0 Å². The number of carbonyl (C=O) groups is 1. The Morgan fingerprint density at radius 3 is 2.82 bits per heavy atom. The number of benzene rings is 1.